The van der Waals surface area contributed by atoms with E-state index in [-0.39, 0.29) is 12.0 Å². The summed E-state index contributed by atoms with van der Waals surface area (Å²) in [6, 6.07) is 10.6. The standard InChI is InChI=1S/C18H15N3O/c22-18-14(7-11-5-6-19-8-15(11)18)17-13-4-2-1-3-12(13)16-9-20-10-21(16)17/h1-6,8-10,14,17-18,22H,7H2/t14-,17-,18+/m1/s1. The molecule has 0 saturated carbocycles. The van der Waals surface area contributed by atoms with E-state index in [0.29, 0.717) is 0 Å². The van der Waals surface area contributed by atoms with Gasteiger partial charge in [-0.1, -0.05) is 24.3 Å². The summed E-state index contributed by atoms with van der Waals surface area (Å²) >= 11 is 0. The van der Waals surface area contributed by atoms with E-state index in [9.17, 15) is 5.11 Å². The Balaban J connectivity index is 1.66. The van der Waals surface area contributed by atoms with E-state index >= 15 is 0 Å². The molecule has 0 fully saturated rings. The highest BCUT2D eigenvalue weighted by molar-refractivity contribution is 5.69. The summed E-state index contributed by atoms with van der Waals surface area (Å²) in [6.45, 7) is 0. The predicted molar refractivity (Wildman–Crippen MR) is 82.2 cm³/mol. The lowest BCUT2D eigenvalue weighted by molar-refractivity contribution is 0.101. The summed E-state index contributed by atoms with van der Waals surface area (Å²) in [5.74, 6) is 0.121. The van der Waals surface area contributed by atoms with E-state index in [2.05, 4.69) is 38.8 Å². The first-order chi connectivity index (χ1) is 10.8. The Kier molecular flexibility index (Phi) is 2.35. The summed E-state index contributed by atoms with van der Waals surface area (Å²) < 4.78 is 2.21. The van der Waals surface area contributed by atoms with Gasteiger partial charge in [-0.25, -0.2) is 4.98 Å². The minimum atomic E-state index is -0.477. The molecule has 3 heterocycles. The van der Waals surface area contributed by atoms with Crippen LogP contribution in [0.2, 0.25) is 0 Å². The Morgan fingerprint density at radius 1 is 1.05 bits per heavy atom. The van der Waals surface area contributed by atoms with Crippen LogP contribution < -0.4 is 0 Å². The van der Waals surface area contributed by atoms with Gasteiger partial charge in [-0.3, -0.25) is 4.98 Å². The van der Waals surface area contributed by atoms with Crippen LogP contribution in [0.25, 0.3) is 11.3 Å². The molecule has 1 aliphatic heterocycles. The zero-order valence-corrected chi connectivity index (χ0v) is 11.9. The zero-order chi connectivity index (χ0) is 14.7. The lowest BCUT2D eigenvalue weighted by Crippen LogP contribution is -2.21. The summed E-state index contributed by atoms with van der Waals surface area (Å²) in [4.78, 5) is 8.47. The molecule has 108 valence electrons. The minimum absolute atomic E-state index is 0.121. The van der Waals surface area contributed by atoms with Crippen LogP contribution in [0.15, 0.2) is 55.2 Å². The summed E-state index contributed by atoms with van der Waals surface area (Å²) in [7, 11) is 0. The fourth-order valence-electron chi connectivity index (χ4n) is 4.08. The van der Waals surface area contributed by atoms with Gasteiger partial charge in [0.05, 0.1) is 30.4 Å². The first-order valence-corrected chi connectivity index (χ1v) is 7.56. The third-order valence-corrected chi connectivity index (χ3v) is 5.05. The van der Waals surface area contributed by atoms with Gasteiger partial charge in [0.2, 0.25) is 0 Å². The van der Waals surface area contributed by atoms with E-state index in [1.165, 1.54) is 16.7 Å². The number of imidazole rings is 1. The Labute approximate surface area is 128 Å². The normalized spacial score (nSPS) is 24.9. The zero-order valence-electron chi connectivity index (χ0n) is 11.9. The van der Waals surface area contributed by atoms with Gasteiger partial charge < -0.3 is 9.67 Å². The second-order valence-electron chi connectivity index (χ2n) is 6.11. The lowest BCUT2D eigenvalue weighted by atomic mass is 9.88. The van der Waals surface area contributed by atoms with Crippen molar-refractivity contribution in [3.8, 4) is 11.3 Å². The Hall–Kier alpha value is -2.46. The van der Waals surface area contributed by atoms with E-state index in [4.69, 9.17) is 0 Å². The number of hydrogen-bond donors (Lipinski definition) is 1. The summed E-state index contributed by atoms with van der Waals surface area (Å²) in [5, 5.41) is 10.8. The van der Waals surface area contributed by atoms with Crippen molar-refractivity contribution in [2.75, 3.05) is 0 Å². The first-order valence-electron chi connectivity index (χ1n) is 7.56. The average Bonchev–Trinajstić information content (AvgIpc) is 3.21. The largest absolute Gasteiger partial charge is 0.388 e. The molecule has 0 unspecified atom stereocenters. The molecule has 1 N–H and O–H groups in total. The number of pyridine rings is 1. The van der Waals surface area contributed by atoms with Crippen molar-refractivity contribution in [2.45, 2.75) is 18.6 Å². The van der Waals surface area contributed by atoms with Crippen molar-refractivity contribution < 1.29 is 5.11 Å². The summed E-state index contributed by atoms with van der Waals surface area (Å²) in [5.41, 5.74) is 5.83. The monoisotopic (exact) mass is 289 g/mol. The lowest BCUT2D eigenvalue weighted by Gasteiger charge is -2.25. The summed E-state index contributed by atoms with van der Waals surface area (Å²) in [6.07, 6.45) is 7.79. The van der Waals surface area contributed by atoms with Crippen molar-refractivity contribution in [3.05, 3.63) is 71.9 Å². The van der Waals surface area contributed by atoms with Gasteiger partial charge in [0, 0.05) is 29.4 Å². The van der Waals surface area contributed by atoms with Crippen molar-refractivity contribution >= 4 is 0 Å². The van der Waals surface area contributed by atoms with E-state index in [1.54, 1.807) is 12.4 Å². The number of aliphatic hydroxyl groups is 1. The van der Waals surface area contributed by atoms with Crippen LogP contribution in [0.4, 0.5) is 0 Å². The van der Waals surface area contributed by atoms with E-state index in [1.807, 2.05) is 18.6 Å². The predicted octanol–water partition coefficient (Wildman–Crippen LogP) is 2.75. The molecular weight excluding hydrogens is 274 g/mol. The first kappa shape index (κ1) is 12.1. The quantitative estimate of drug-likeness (QED) is 0.749. The molecule has 0 amide bonds. The molecule has 0 bridgehead atoms. The third-order valence-electron chi connectivity index (χ3n) is 5.05. The molecule has 3 aromatic rings. The van der Waals surface area contributed by atoms with Crippen LogP contribution in [0.3, 0.4) is 0 Å². The van der Waals surface area contributed by atoms with Crippen LogP contribution in [0.1, 0.15) is 28.8 Å². The van der Waals surface area contributed by atoms with Gasteiger partial charge >= 0.3 is 0 Å². The molecule has 22 heavy (non-hydrogen) atoms. The number of benzene rings is 1. The van der Waals surface area contributed by atoms with Crippen LogP contribution in [-0.4, -0.2) is 19.6 Å². The molecule has 0 saturated heterocycles. The van der Waals surface area contributed by atoms with Crippen LogP contribution in [0.5, 0.6) is 0 Å². The van der Waals surface area contributed by atoms with Crippen molar-refractivity contribution in [1.82, 2.24) is 14.5 Å². The smallest absolute Gasteiger partial charge is 0.0956 e. The van der Waals surface area contributed by atoms with Gasteiger partial charge in [-0.15, -0.1) is 0 Å². The maximum atomic E-state index is 10.8. The molecule has 5 rings (SSSR count). The third kappa shape index (κ3) is 1.45. The molecule has 0 spiro atoms. The second-order valence-corrected chi connectivity index (χ2v) is 6.11. The topological polar surface area (TPSA) is 50.9 Å². The molecule has 4 nitrogen and oxygen atoms in total. The van der Waals surface area contributed by atoms with E-state index in [0.717, 1.165) is 17.7 Å². The van der Waals surface area contributed by atoms with Crippen LogP contribution in [0, 0.1) is 5.92 Å². The van der Waals surface area contributed by atoms with Crippen LogP contribution >= 0.6 is 0 Å². The molecule has 2 aliphatic rings. The molecule has 1 aromatic carbocycles. The maximum Gasteiger partial charge on any atom is 0.0956 e. The van der Waals surface area contributed by atoms with Gasteiger partial charge in [0.25, 0.3) is 0 Å². The Morgan fingerprint density at radius 3 is 2.86 bits per heavy atom. The maximum absolute atomic E-state index is 10.8. The van der Waals surface area contributed by atoms with Crippen molar-refractivity contribution in [1.29, 1.82) is 0 Å². The fraction of sp³-hybridized carbons (Fsp3) is 0.222. The number of aliphatic hydroxyl groups excluding tert-OH is 1. The number of fused-ring (bicyclic) bond motifs is 4. The SMILES string of the molecule is O[C@@H]1c2cnccc2C[C@@H]1[C@H]1c2ccccc2-c2cncn21. The van der Waals surface area contributed by atoms with Gasteiger partial charge in [-0.05, 0) is 23.6 Å². The highest BCUT2D eigenvalue weighted by Gasteiger charge is 2.42. The minimum Gasteiger partial charge on any atom is -0.388 e. The number of rotatable bonds is 1. The highest BCUT2D eigenvalue weighted by atomic mass is 16.3. The number of nitrogens with zero attached hydrogens (tertiary/aromatic N) is 3. The second kappa shape index (κ2) is 4.27. The molecule has 1 aliphatic carbocycles. The molecule has 4 heteroatoms. The molecular formula is C18H15N3O. The van der Waals surface area contributed by atoms with Crippen LogP contribution in [-0.2, 0) is 6.42 Å². The molecule has 3 atom stereocenters. The highest BCUT2D eigenvalue weighted by Crippen LogP contribution is 2.50. The van der Waals surface area contributed by atoms with Gasteiger partial charge in [0.1, 0.15) is 0 Å². The number of hydrogen-bond acceptors (Lipinski definition) is 3. The van der Waals surface area contributed by atoms with Crippen molar-refractivity contribution in [3.63, 3.8) is 0 Å². The van der Waals surface area contributed by atoms with Gasteiger partial charge in [0.15, 0.2) is 0 Å². The molecule has 0 radical (unpaired) electrons. The van der Waals surface area contributed by atoms with Crippen molar-refractivity contribution in [2.24, 2.45) is 5.92 Å². The fourth-order valence-corrected chi connectivity index (χ4v) is 4.08. The Bertz CT molecular complexity index is 870. The molecule has 2 aromatic heterocycles. The average molecular weight is 289 g/mol. The van der Waals surface area contributed by atoms with E-state index < -0.39 is 6.10 Å². The Morgan fingerprint density at radius 2 is 1.95 bits per heavy atom. The van der Waals surface area contributed by atoms with Gasteiger partial charge in [-0.2, -0.15) is 0 Å². The number of aromatic nitrogens is 3.